The highest BCUT2D eigenvalue weighted by molar-refractivity contribution is 5.80. The summed E-state index contributed by atoms with van der Waals surface area (Å²) in [5.74, 6) is 1.01. The van der Waals surface area contributed by atoms with E-state index in [1.807, 2.05) is 13.8 Å². The third kappa shape index (κ3) is 4.21. The minimum Gasteiger partial charge on any atom is -0.313 e. The van der Waals surface area contributed by atoms with Gasteiger partial charge in [0, 0.05) is 12.8 Å². The summed E-state index contributed by atoms with van der Waals surface area (Å²) in [6, 6.07) is 5.25. The molecule has 0 fully saturated rings. The monoisotopic (exact) mass is 220 g/mol. The smallest absolute Gasteiger partial charge is 0.212 e. The van der Waals surface area contributed by atoms with E-state index in [-0.39, 0.29) is 5.78 Å². The lowest BCUT2D eigenvalue weighted by molar-refractivity contribution is -0.119. The number of aromatic nitrogens is 1. The van der Waals surface area contributed by atoms with Gasteiger partial charge in [0.25, 0.3) is 0 Å². The van der Waals surface area contributed by atoms with Crippen LogP contribution in [0.25, 0.3) is 0 Å². The van der Waals surface area contributed by atoms with Crippen LogP contribution in [0.5, 0.6) is 0 Å². The van der Waals surface area contributed by atoms with Gasteiger partial charge in [-0.15, -0.1) is 0 Å². The van der Waals surface area contributed by atoms with E-state index >= 15 is 0 Å². The molecule has 0 aliphatic heterocycles. The van der Waals surface area contributed by atoms with Gasteiger partial charge in [-0.25, -0.2) is 4.98 Å². The molecule has 4 heteroatoms. The number of hydrogen-bond donors (Lipinski definition) is 1. The Hall–Kier alpha value is -1.71. The minimum absolute atomic E-state index is 0.172. The van der Waals surface area contributed by atoms with Crippen LogP contribution in [0.1, 0.15) is 26.0 Å². The fourth-order valence-corrected chi connectivity index (χ4v) is 1.45. The summed E-state index contributed by atoms with van der Waals surface area (Å²) in [5.41, 5.74) is 0.692. The zero-order chi connectivity index (χ0) is 12.0. The quantitative estimate of drug-likeness (QED) is 0.744. The Morgan fingerprint density at radius 2 is 2.25 bits per heavy atom. The molecule has 1 aromatic heterocycles. The highest BCUT2D eigenvalue weighted by Gasteiger charge is 2.07. The summed E-state index contributed by atoms with van der Waals surface area (Å²) in [6.07, 6.45) is 1.46. The molecule has 86 valence electrons. The number of carbonyl (C=O) groups excluding carboxylic acids is 2. The van der Waals surface area contributed by atoms with Crippen molar-refractivity contribution in [1.29, 1.82) is 0 Å². The summed E-state index contributed by atoms with van der Waals surface area (Å²) in [6.45, 7) is 4.02. The maximum atomic E-state index is 11.6. The number of pyridine rings is 1. The van der Waals surface area contributed by atoms with E-state index in [0.29, 0.717) is 36.7 Å². The normalized spacial score (nSPS) is 10.2. The standard InChI is InChI=1S/C12H16N2O2/c1-9(2)6-11(16)7-10-4-3-5-12(14-10)13-8-15/h3-5,8-9H,6-7H2,1-2H3,(H,13,14,15). The maximum absolute atomic E-state index is 11.6. The van der Waals surface area contributed by atoms with Crippen LogP contribution >= 0.6 is 0 Å². The lowest BCUT2D eigenvalue weighted by Gasteiger charge is -2.04. The van der Waals surface area contributed by atoms with Gasteiger partial charge in [-0.1, -0.05) is 19.9 Å². The van der Waals surface area contributed by atoms with Crippen LogP contribution in [-0.2, 0) is 16.0 Å². The van der Waals surface area contributed by atoms with Crippen molar-refractivity contribution in [3.05, 3.63) is 23.9 Å². The van der Waals surface area contributed by atoms with Crippen molar-refractivity contribution in [3.8, 4) is 0 Å². The first kappa shape index (κ1) is 12.4. The molecule has 0 aliphatic rings. The Bertz CT molecular complexity index is 375. The number of carbonyl (C=O) groups is 2. The molecule has 0 spiro atoms. The molecule has 1 amide bonds. The predicted octanol–water partition coefficient (Wildman–Crippen LogP) is 1.81. The molecule has 0 bridgehead atoms. The van der Waals surface area contributed by atoms with Crippen molar-refractivity contribution < 1.29 is 9.59 Å². The van der Waals surface area contributed by atoms with Gasteiger partial charge in [0.05, 0.1) is 5.69 Å². The average Bonchev–Trinajstić information content (AvgIpc) is 2.17. The zero-order valence-corrected chi connectivity index (χ0v) is 9.56. The Morgan fingerprint density at radius 3 is 2.88 bits per heavy atom. The van der Waals surface area contributed by atoms with Crippen molar-refractivity contribution >= 4 is 18.0 Å². The van der Waals surface area contributed by atoms with E-state index in [1.165, 1.54) is 0 Å². The molecule has 4 nitrogen and oxygen atoms in total. The lowest BCUT2D eigenvalue weighted by atomic mass is 10.0. The SMILES string of the molecule is CC(C)CC(=O)Cc1cccc(NC=O)n1. The number of rotatable bonds is 6. The third-order valence-electron chi connectivity index (χ3n) is 2.03. The number of nitrogens with one attached hydrogen (secondary N) is 1. The number of anilines is 1. The molecule has 0 saturated carbocycles. The van der Waals surface area contributed by atoms with Gasteiger partial charge in [0.15, 0.2) is 0 Å². The summed E-state index contributed by atoms with van der Waals surface area (Å²) in [4.78, 5) is 25.9. The van der Waals surface area contributed by atoms with Gasteiger partial charge in [-0.2, -0.15) is 0 Å². The molecule has 16 heavy (non-hydrogen) atoms. The maximum Gasteiger partial charge on any atom is 0.212 e. The fourth-order valence-electron chi connectivity index (χ4n) is 1.45. The van der Waals surface area contributed by atoms with Crippen molar-refractivity contribution in [2.24, 2.45) is 5.92 Å². The van der Waals surface area contributed by atoms with Crippen molar-refractivity contribution in [3.63, 3.8) is 0 Å². The van der Waals surface area contributed by atoms with E-state index in [2.05, 4.69) is 10.3 Å². The summed E-state index contributed by atoms with van der Waals surface area (Å²) < 4.78 is 0. The van der Waals surface area contributed by atoms with Crippen LogP contribution in [0, 0.1) is 5.92 Å². The number of hydrogen-bond acceptors (Lipinski definition) is 3. The van der Waals surface area contributed by atoms with E-state index < -0.39 is 0 Å². The van der Waals surface area contributed by atoms with Crippen LogP contribution in [0.2, 0.25) is 0 Å². The number of amides is 1. The predicted molar refractivity (Wildman–Crippen MR) is 62.1 cm³/mol. The Kier molecular flexibility index (Phi) is 4.64. The van der Waals surface area contributed by atoms with E-state index in [4.69, 9.17) is 0 Å². The molecule has 1 aromatic rings. The van der Waals surface area contributed by atoms with Gasteiger partial charge >= 0.3 is 0 Å². The molecular weight excluding hydrogens is 204 g/mol. The highest BCUT2D eigenvalue weighted by Crippen LogP contribution is 2.08. The first-order valence-corrected chi connectivity index (χ1v) is 5.29. The summed E-state index contributed by atoms with van der Waals surface area (Å²) in [7, 11) is 0. The molecule has 1 heterocycles. The number of Topliss-reactive ketones (excluding diaryl/α,β-unsaturated/α-hetero) is 1. The minimum atomic E-state index is 0.172. The topological polar surface area (TPSA) is 59.1 Å². The van der Waals surface area contributed by atoms with Crippen LogP contribution in [0.15, 0.2) is 18.2 Å². The second-order valence-corrected chi connectivity index (χ2v) is 4.09. The molecule has 0 aromatic carbocycles. The molecule has 1 N–H and O–H groups in total. The Morgan fingerprint density at radius 1 is 1.50 bits per heavy atom. The lowest BCUT2D eigenvalue weighted by Crippen LogP contribution is -2.08. The van der Waals surface area contributed by atoms with Gasteiger partial charge in [0.1, 0.15) is 11.6 Å². The second-order valence-electron chi connectivity index (χ2n) is 4.09. The highest BCUT2D eigenvalue weighted by atomic mass is 16.1. The number of ketones is 1. The molecule has 0 radical (unpaired) electrons. The summed E-state index contributed by atoms with van der Waals surface area (Å²) in [5, 5.41) is 2.46. The van der Waals surface area contributed by atoms with Gasteiger partial charge in [0.2, 0.25) is 6.41 Å². The van der Waals surface area contributed by atoms with Gasteiger partial charge in [-0.3, -0.25) is 9.59 Å². The first-order chi connectivity index (χ1) is 7.61. The van der Waals surface area contributed by atoms with Crippen LogP contribution < -0.4 is 5.32 Å². The molecule has 1 rings (SSSR count). The Balaban J connectivity index is 2.62. The van der Waals surface area contributed by atoms with Crippen molar-refractivity contribution in [1.82, 2.24) is 4.98 Å². The molecular formula is C12H16N2O2. The van der Waals surface area contributed by atoms with E-state index in [9.17, 15) is 9.59 Å². The number of nitrogens with zero attached hydrogens (tertiary/aromatic N) is 1. The third-order valence-corrected chi connectivity index (χ3v) is 2.03. The molecule has 0 saturated heterocycles. The van der Waals surface area contributed by atoms with Gasteiger partial charge in [-0.05, 0) is 18.1 Å². The fraction of sp³-hybridized carbons (Fsp3) is 0.417. The summed E-state index contributed by atoms with van der Waals surface area (Å²) >= 11 is 0. The molecule has 0 aliphatic carbocycles. The zero-order valence-electron chi connectivity index (χ0n) is 9.56. The second kappa shape index (κ2) is 6.00. The molecule has 0 atom stereocenters. The first-order valence-electron chi connectivity index (χ1n) is 5.29. The largest absolute Gasteiger partial charge is 0.313 e. The van der Waals surface area contributed by atoms with Crippen LogP contribution in [0.4, 0.5) is 5.82 Å². The Labute approximate surface area is 95.1 Å². The van der Waals surface area contributed by atoms with Crippen LogP contribution in [0.3, 0.4) is 0 Å². The average molecular weight is 220 g/mol. The van der Waals surface area contributed by atoms with E-state index in [1.54, 1.807) is 18.2 Å². The molecule has 0 unspecified atom stereocenters. The van der Waals surface area contributed by atoms with Gasteiger partial charge < -0.3 is 5.32 Å². The van der Waals surface area contributed by atoms with E-state index in [0.717, 1.165) is 0 Å². The van der Waals surface area contributed by atoms with Crippen LogP contribution in [-0.4, -0.2) is 17.2 Å². The van der Waals surface area contributed by atoms with Crippen molar-refractivity contribution in [2.75, 3.05) is 5.32 Å². The van der Waals surface area contributed by atoms with Crippen molar-refractivity contribution in [2.45, 2.75) is 26.7 Å².